The van der Waals surface area contributed by atoms with E-state index in [4.69, 9.17) is 4.74 Å². The van der Waals surface area contributed by atoms with Crippen LogP contribution in [0.25, 0.3) is 11.1 Å². The zero-order valence-corrected chi connectivity index (χ0v) is 15.8. The number of carbonyl (C=O) groups is 1. The van der Waals surface area contributed by atoms with Crippen molar-refractivity contribution in [1.82, 2.24) is 0 Å². The molecule has 0 fully saturated rings. The van der Waals surface area contributed by atoms with Gasteiger partial charge in [-0.15, -0.1) is 0 Å². The first kappa shape index (κ1) is 20.5. The molecule has 0 saturated carbocycles. The van der Waals surface area contributed by atoms with Gasteiger partial charge in [-0.1, -0.05) is 18.2 Å². The van der Waals surface area contributed by atoms with Gasteiger partial charge in [0.2, 0.25) is 0 Å². The standard InChI is InChI=1S/C19H18F4O2Se/c1-13(18(24)25-10-5-11-26-19(21,22)23)15-8-9-16(17(20)12-15)14-6-3-2-4-7-14/h2-4,6-9,12-13H,5,10-11H2,1H3. The van der Waals surface area contributed by atoms with Gasteiger partial charge in [0.1, 0.15) is 0 Å². The van der Waals surface area contributed by atoms with Crippen molar-refractivity contribution in [2.75, 3.05) is 6.61 Å². The molecule has 0 aliphatic heterocycles. The van der Waals surface area contributed by atoms with Crippen molar-refractivity contribution >= 4 is 20.9 Å². The molecule has 0 amide bonds. The van der Waals surface area contributed by atoms with Crippen LogP contribution in [0.2, 0.25) is 5.32 Å². The second kappa shape index (κ2) is 9.19. The van der Waals surface area contributed by atoms with Crippen LogP contribution >= 0.6 is 0 Å². The molecule has 0 aliphatic carbocycles. The number of rotatable bonds is 7. The molecule has 2 aromatic rings. The first-order chi connectivity index (χ1) is 12.3. The van der Waals surface area contributed by atoms with Crippen molar-refractivity contribution < 1.29 is 27.1 Å². The van der Waals surface area contributed by atoms with Crippen molar-refractivity contribution in [2.45, 2.75) is 29.7 Å². The Balaban J connectivity index is 1.91. The zero-order chi connectivity index (χ0) is 19.2. The molecule has 0 heterocycles. The number of hydrogen-bond acceptors (Lipinski definition) is 2. The number of benzene rings is 2. The molecule has 1 unspecified atom stereocenters. The predicted octanol–water partition coefficient (Wildman–Crippen LogP) is 5.17. The molecule has 0 N–H and O–H groups in total. The third-order valence-electron chi connectivity index (χ3n) is 3.73. The monoisotopic (exact) mass is 434 g/mol. The first-order valence-electron chi connectivity index (χ1n) is 8.00. The quantitative estimate of drug-likeness (QED) is 0.261. The van der Waals surface area contributed by atoms with Gasteiger partial charge in [-0.2, -0.15) is 0 Å². The average Bonchev–Trinajstić information content (AvgIpc) is 2.60. The van der Waals surface area contributed by atoms with E-state index in [0.29, 0.717) is 11.1 Å². The predicted molar refractivity (Wildman–Crippen MR) is 92.4 cm³/mol. The molecular formula is C19H18F4O2Se. The minimum atomic E-state index is -4.14. The normalized spacial score (nSPS) is 12.7. The molecule has 0 spiro atoms. The summed E-state index contributed by atoms with van der Waals surface area (Å²) in [6.07, 6.45) is 0.166. The van der Waals surface area contributed by atoms with Crippen LogP contribution in [0.1, 0.15) is 24.8 Å². The van der Waals surface area contributed by atoms with Crippen molar-refractivity contribution in [2.24, 2.45) is 0 Å². The third-order valence-corrected chi connectivity index (χ3v) is 5.45. The van der Waals surface area contributed by atoms with Crippen LogP contribution in [-0.4, -0.2) is 32.6 Å². The maximum absolute atomic E-state index is 14.4. The maximum atomic E-state index is 14.4. The summed E-state index contributed by atoms with van der Waals surface area (Å²) in [6, 6.07) is 13.6. The van der Waals surface area contributed by atoms with E-state index in [1.165, 1.54) is 6.07 Å². The summed E-state index contributed by atoms with van der Waals surface area (Å²) >= 11 is -1.46. The molecule has 0 bridgehead atoms. The number of esters is 1. The summed E-state index contributed by atoms with van der Waals surface area (Å²) in [5.41, 5.74) is 1.63. The third kappa shape index (κ3) is 6.15. The van der Waals surface area contributed by atoms with Crippen molar-refractivity contribution in [3.8, 4) is 11.1 Å². The van der Waals surface area contributed by atoms with Gasteiger partial charge in [0.05, 0.1) is 0 Å². The number of carbonyl (C=O) groups excluding carboxylic acids is 1. The molecule has 2 aromatic carbocycles. The fraction of sp³-hybridized carbons (Fsp3) is 0.316. The van der Waals surface area contributed by atoms with Crippen LogP contribution < -0.4 is 0 Å². The number of halogens is 4. The molecule has 0 saturated heterocycles. The Hall–Kier alpha value is -1.85. The molecule has 2 rings (SSSR count). The molecule has 0 radical (unpaired) electrons. The van der Waals surface area contributed by atoms with Gasteiger partial charge in [0.25, 0.3) is 0 Å². The molecule has 1 atom stereocenters. The van der Waals surface area contributed by atoms with Gasteiger partial charge >= 0.3 is 137 Å². The Kier molecular flexibility index (Phi) is 7.23. The molecule has 2 nitrogen and oxygen atoms in total. The topological polar surface area (TPSA) is 26.3 Å². The fourth-order valence-electron chi connectivity index (χ4n) is 2.33. The summed E-state index contributed by atoms with van der Waals surface area (Å²) < 4.78 is 55.6. The van der Waals surface area contributed by atoms with Crippen LogP contribution in [0.3, 0.4) is 0 Å². The van der Waals surface area contributed by atoms with Crippen LogP contribution in [0, 0.1) is 5.82 Å². The molecule has 7 heteroatoms. The summed E-state index contributed by atoms with van der Waals surface area (Å²) in [4.78, 5) is 12.0. The second-order valence-electron chi connectivity index (χ2n) is 5.64. The number of ether oxygens (including phenoxy) is 1. The van der Waals surface area contributed by atoms with E-state index in [2.05, 4.69) is 0 Å². The molecule has 140 valence electrons. The summed E-state index contributed by atoms with van der Waals surface area (Å²) in [6.45, 7) is 1.52. The van der Waals surface area contributed by atoms with Gasteiger partial charge in [-0.3, -0.25) is 0 Å². The van der Waals surface area contributed by atoms with E-state index in [1.54, 1.807) is 31.2 Å². The van der Waals surface area contributed by atoms with Crippen LogP contribution in [0.5, 0.6) is 0 Å². The molecule has 0 aromatic heterocycles. The second-order valence-corrected chi connectivity index (χ2v) is 8.08. The number of hydrogen-bond donors (Lipinski definition) is 0. The van der Waals surface area contributed by atoms with E-state index in [-0.39, 0.29) is 18.3 Å². The van der Waals surface area contributed by atoms with Gasteiger partial charge < -0.3 is 0 Å². The molecule has 0 aliphatic rings. The summed E-state index contributed by atoms with van der Waals surface area (Å²) in [5, 5.41) is -4.17. The van der Waals surface area contributed by atoms with E-state index in [1.807, 2.05) is 18.2 Å². The zero-order valence-electron chi connectivity index (χ0n) is 14.1. The Morgan fingerprint density at radius 2 is 1.85 bits per heavy atom. The van der Waals surface area contributed by atoms with E-state index >= 15 is 0 Å². The van der Waals surface area contributed by atoms with E-state index in [9.17, 15) is 22.4 Å². The van der Waals surface area contributed by atoms with Crippen molar-refractivity contribution in [3.05, 3.63) is 59.9 Å². The molecular weight excluding hydrogens is 415 g/mol. The molecule has 26 heavy (non-hydrogen) atoms. The SMILES string of the molecule is CC(C(=O)OCCC[Se]C(F)(F)F)c1ccc(-c2ccccc2)c(F)c1. The first-order valence-corrected chi connectivity index (χ1v) is 10.1. The van der Waals surface area contributed by atoms with Crippen LogP contribution in [0.15, 0.2) is 48.5 Å². The fourth-order valence-corrected chi connectivity index (χ4v) is 3.37. The van der Waals surface area contributed by atoms with Gasteiger partial charge in [0.15, 0.2) is 0 Å². The summed E-state index contributed by atoms with van der Waals surface area (Å²) in [5.74, 6) is -1.71. The average molecular weight is 433 g/mol. The Morgan fingerprint density at radius 3 is 2.46 bits per heavy atom. The van der Waals surface area contributed by atoms with Gasteiger partial charge in [-0.05, 0) is 0 Å². The Bertz CT molecular complexity index is 732. The minimum absolute atomic E-state index is 0.0292. The van der Waals surface area contributed by atoms with Crippen LogP contribution in [-0.2, 0) is 9.53 Å². The van der Waals surface area contributed by atoms with Crippen molar-refractivity contribution in [1.29, 1.82) is 0 Å². The van der Waals surface area contributed by atoms with E-state index in [0.717, 1.165) is 5.56 Å². The van der Waals surface area contributed by atoms with Gasteiger partial charge in [-0.25, -0.2) is 0 Å². The van der Waals surface area contributed by atoms with Crippen LogP contribution in [0.4, 0.5) is 17.6 Å². The number of alkyl halides is 3. The summed E-state index contributed by atoms with van der Waals surface area (Å²) in [7, 11) is 0. The van der Waals surface area contributed by atoms with Crippen molar-refractivity contribution in [3.63, 3.8) is 0 Å². The Morgan fingerprint density at radius 1 is 1.15 bits per heavy atom. The van der Waals surface area contributed by atoms with E-state index < -0.39 is 37.7 Å². The van der Waals surface area contributed by atoms with Gasteiger partial charge in [0, 0.05) is 0 Å². The Labute approximate surface area is 155 Å².